The Morgan fingerprint density at radius 1 is 1.16 bits per heavy atom. The molecule has 0 radical (unpaired) electrons. The summed E-state index contributed by atoms with van der Waals surface area (Å²) in [4.78, 5) is 19.6. The molecule has 0 atom stereocenters. The van der Waals surface area contributed by atoms with Crippen molar-refractivity contribution >= 4 is 47.3 Å². The number of amides is 1. The minimum Gasteiger partial charge on any atom is -0.366 e. The summed E-state index contributed by atoms with van der Waals surface area (Å²) in [7, 11) is 1.94. The quantitative estimate of drug-likeness (QED) is 0.383. The van der Waals surface area contributed by atoms with Crippen LogP contribution in [0.1, 0.15) is 18.1 Å². The summed E-state index contributed by atoms with van der Waals surface area (Å²) in [5, 5.41) is 1.12. The number of aryl methyl sites for hydroxylation is 1. The van der Waals surface area contributed by atoms with Gasteiger partial charge in [0.05, 0.1) is 23.6 Å². The van der Waals surface area contributed by atoms with Gasteiger partial charge in [0, 0.05) is 24.3 Å². The number of nitrogens with zero attached hydrogens (tertiary/aromatic N) is 3. The lowest BCUT2D eigenvalue weighted by molar-refractivity contribution is -0.107. The van der Waals surface area contributed by atoms with Crippen LogP contribution < -0.4 is 4.90 Å². The third kappa shape index (κ3) is 4.97. The molecule has 1 amide bonds. The van der Waals surface area contributed by atoms with Gasteiger partial charge in [-0.3, -0.25) is 4.79 Å². The van der Waals surface area contributed by atoms with E-state index in [2.05, 4.69) is 4.99 Å². The molecule has 4 nitrogen and oxygen atoms in total. The largest absolute Gasteiger partial charge is 0.366 e. The highest BCUT2D eigenvalue weighted by atomic mass is 35.5. The fraction of sp³-hybridized carbons (Fsp3) is 0.263. The monoisotopic (exact) mass is 377 g/mol. The first-order valence-corrected chi connectivity index (χ1v) is 8.71. The van der Waals surface area contributed by atoms with Gasteiger partial charge in [-0.1, -0.05) is 41.4 Å². The van der Waals surface area contributed by atoms with Crippen molar-refractivity contribution < 1.29 is 4.79 Å². The van der Waals surface area contributed by atoms with E-state index in [9.17, 15) is 4.79 Å². The van der Waals surface area contributed by atoms with Crippen LogP contribution in [0.25, 0.3) is 0 Å². The number of benzene rings is 2. The van der Waals surface area contributed by atoms with Gasteiger partial charge >= 0.3 is 0 Å². The second-order valence-corrected chi connectivity index (χ2v) is 6.55. The average molecular weight is 378 g/mol. The lowest BCUT2D eigenvalue weighted by Gasteiger charge is -2.21. The Bertz CT molecular complexity index is 777. The number of carbonyl (C=O) groups excluding carboxylic acids is 1. The van der Waals surface area contributed by atoms with Gasteiger partial charge < -0.3 is 9.80 Å². The van der Waals surface area contributed by atoms with Gasteiger partial charge in [-0.05, 0) is 43.2 Å². The molecule has 25 heavy (non-hydrogen) atoms. The minimum absolute atomic E-state index is 0.377. The van der Waals surface area contributed by atoms with Crippen LogP contribution in [-0.2, 0) is 11.3 Å². The van der Waals surface area contributed by atoms with Crippen LogP contribution in [0.2, 0.25) is 10.0 Å². The highest BCUT2D eigenvalue weighted by Gasteiger charge is 2.13. The fourth-order valence-electron chi connectivity index (χ4n) is 2.30. The van der Waals surface area contributed by atoms with Crippen LogP contribution in [0, 0.1) is 6.92 Å². The zero-order valence-electron chi connectivity index (χ0n) is 14.5. The maximum absolute atomic E-state index is 11.6. The molecule has 0 heterocycles. The number of carbonyl (C=O) groups is 1. The summed E-state index contributed by atoms with van der Waals surface area (Å²) >= 11 is 12.6. The predicted octanol–water partition coefficient (Wildman–Crippen LogP) is 5.08. The smallest absolute Gasteiger partial charge is 0.214 e. The van der Waals surface area contributed by atoms with Gasteiger partial charge in [0.1, 0.15) is 0 Å². The molecule has 0 spiro atoms. The van der Waals surface area contributed by atoms with Crippen LogP contribution in [-0.4, -0.2) is 31.2 Å². The average Bonchev–Trinajstić information content (AvgIpc) is 2.61. The Morgan fingerprint density at radius 3 is 2.52 bits per heavy atom. The van der Waals surface area contributed by atoms with Gasteiger partial charge in [0.2, 0.25) is 6.41 Å². The molecule has 6 heteroatoms. The molecular formula is C19H21Cl2N3O. The summed E-state index contributed by atoms with van der Waals surface area (Å²) in [6.45, 7) is 5.20. The van der Waals surface area contributed by atoms with E-state index in [0.717, 1.165) is 29.8 Å². The molecule has 0 saturated carbocycles. The molecule has 2 aromatic rings. The van der Waals surface area contributed by atoms with Crippen molar-refractivity contribution in [2.45, 2.75) is 20.4 Å². The molecule has 0 aliphatic carbocycles. The summed E-state index contributed by atoms with van der Waals surface area (Å²) in [6.07, 6.45) is 2.53. The van der Waals surface area contributed by atoms with E-state index in [0.29, 0.717) is 22.3 Å². The number of halogens is 2. The van der Waals surface area contributed by atoms with E-state index < -0.39 is 0 Å². The summed E-state index contributed by atoms with van der Waals surface area (Å²) in [6, 6.07) is 11.1. The van der Waals surface area contributed by atoms with E-state index in [-0.39, 0.29) is 0 Å². The van der Waals surface area contributed by atoms with Gasteiger partial charge in [0.15, 0.2) is 0 Å². The summed E-state index contributed by atoms with van der Waals surface area (Å²) in [5.41, 5.74) is 3.20. The first-order chi connectivity index (χ1) is 12.0. The molecule has 132 valence electrons. The van der Waals surface area contributed by atoms with Crippen LogP contribution in [0.4, 0.5) is 11.4 Å². The van der Waals surface area contributed by atoms with E-state index in [1.807, 2.05) is 56.1 Å². The Morgan fingerprint density at radius 2 is 1.88 bits per heavy atom. The van der Waals surface area contributed by atoms with E-state index in [1.165, 1.54) is 0 Å². The van der Waals surface area contributed by atoms with Gasteiger partial charge in [-0.2, -0.15) is 0 Å². The van der Waals surface area contributed by atoms with E-state index in [1.54, 1.807) is 17.3 Å². The highest BCUT2D eigenvalue weighted by molar-refractivity contribution is 6.33. The van der Waals surface area contributed by atoms with Crippen LogP contribution in [0.3, 0.4) is 0 Å². The normalized spacial score (nSPS) is 10.9. The van der Waals surface area contributed by atoms with Crippen molar-refractivity contribution in [1.82, 2.24) is 4.90 Å². The van der Waals surface area contributed by atoms with Crippen molar-refractivity contribution in [3.8, 4) is 0 Å². The maximum atomic E-state index is 11.6. The molecule has 0 fully saturated rings. The Kier molecular flexibility index (Phi) is 6.85. The highest BCUT2D eigenvalue weighted by Crippen LogP contribution is 2.33. The zero-order chi connectivity index (χ0) is 18.4. The molecular weight excluding hydrogens is 357 g/mol. The minimum atomic E-state index is 0.377. The number of rotatable bonds is 7. The molecule has 0 aromatic heterocycles. The molecule has 0 N–H and O–H groups in total. The lowest BCUT2D eigenvalue weighted by Crippen LogP contribution is -2.21. The number of anilines is 1. The molecule has 0 aliphatic heterocycles. The number of hydrogen-bond donors (Lipinski definition) is 0. The molecule has 0 saturated heterocycles. The van der Waals surface area contributed by atoms with Crippen LogP contribution >= 0.6 is 23.2 Å². The second kappa shape index (κ2) is 8.88. The molecule has 2 rings (SSSR count). The Labute approximate surface area is 158 Å². The van der Waals surface area contributed by atoms with Crippen LogP contribution in [0.15, 0.2) is 41.4 Å². The molecule has 2 aromatic carbocycles. The molecule has 0 aliphatic rings. The van der Waals surface area contributed by atoms with Crippen molar-refractivity contribution in [3.05, 3.63) is 57.6 Å². The Hall–Kier alpha value is -2.04. The van der Waals surface area contributed by atoms with E-state index >= 15 is 0 Å². The Balaban J connectivity index is 2.31. The first-order valence-electron chi connectivity index (χ1n) is 7.96. The van der Waals surface area contributed by atoms with Gasteiger partial charge in [0.25, 0.3) is 0 Å². The van der Waals surface area contributed by atoms with Crippen molar-refractivity contribution in [1.29, 1.82) is 0 Å². The summed E-state index contributed by atoms with van der Waals surface area (Å²) < 4.78 is 0. The van der Waals surface area contributed by atoms with Gasteiger partial charge in [-0.15, -0.1) is 0 Å². The topological polar surface area (TPSA) is 35.9 Å². The number of hydrogen-bond acceptors (Lipinski definition) is 2. The second-order valence-electron chi connectivity index (χ2n) is 5.73. The number of aliphatic imine (C=N–C) groups is 1. The van der Waals surface area contributed by atoms with Crippen molar-refractivity contribution in [2.75, 3.05) is 18.5 Å². The maximum Gasteiger partial charge on any atom is 0.214 e. The van der Waals surface area contributed by atoms with Crippen molar-refractivity contribution in [3.63, 3.8) is 0 Å². The predicted molar refractivity (Wildman–Crippen MR) is 106 cm³/mol. The fourth-order valence-corrected chi connectivity index (χ4v) is 2.70. The SMILES string of the molecule is CCN(C)C=Nc1cc(C)c(N(C=O)Cc2ccccc2Cl)cc1Cl. The van der Waals surface area contributed by atoms with Gasteiger partial charge in [-0.25, -0.2) is 4.99 Å². The zero-order valence-corrected chi connectivity index (χ0v) is 16.1. The summed E-state index contributed by atoms with van der Waals surface area (Å²) in [5.74, 6) is 0. The third-order valence-electron chi connectivity index (χ3n) is 3.89. The lowest BCUT2D eigenvalue weighted by atomic mass is 10.1. The third-order valence-corrected chi connectivity index (χ3v) is 4.56. The van der Waals surface area contributed by atoms with E-state index in [4.69, 9.17) is 23.2 Å². The molecule has 0 unspecified atom stereocenters. The van der Waals surface area contributed by atoms with Crippen LogP contribution in [0.5, 0.6) is 0 Å². The molecule has 0 bridgehead atoms. The first kappa shape index (κ1) is 19.3. The van der Waals surface area contributed by atoms with Crippen molar-refractivity contribution in [2.24, 2.45) is 4.99 Å². The standard InChI is InChI=1S/C19H21Cl2N3O/c1-4-23(3)12-22-18-9-14(2)19(10-17(18)21)24(13-25)11-15-7-5-6-8-16(15)20/h5-10,12-13H,4,11H2,1-3H3.